The maximum atomic E-state index is 4.98. The van der Waals surface area contributed by atoms with Gasteiger partial charge in [0.25, 0.3) is 0 Å². The first-order valence-electron chi connectivity index (χ1n) is 16.6. The molecule has 0 amide bonds. The second kappa shape index (κ2) is 10.2. The summed E-state index contributed by atoms with van der Waals surface area (Å²) in [4.78, 5) is 3.45. The molecule has 234 valence electrons. The third kappa shape index (κ3) is 3.81. The monoisotopic (exact) mass is 642 g/mol. The SMILES string of the molecule is c1ccc2nn(-c3cc(-n4c5ccccc5c5ccccc54)c(-n4c5ccccc5c5ccccc54)cc3-n3nc4ccccc4n3)nc2c1. The molecule has 0 fully saturated rings. The van der Waals surface area contributed by atoms with E-state index in [4.69, 9.17) is 20.4 Å². The molecule has 11 rings (SSSR count). The maximum Gasteiger partial charge on any atom is 0.115 e. The standard InChI is InChI=1S/C42H26N8/c1-9-21-35-27(13-1)28-14-2-10-22-36(28)47(35)39-25-41(49-43-31-17-5-6-18-32(31)44-49)42(50-45-33-19-7-8-20-34(33)46-50)26-40(39)48-37-23-11-3-15-29(37)30-16-4-12-24-38(30)48/h1-26H. The highest BCUT2D eigenvalue weighted by molar-refractivity contribution is 6.11. The molecule has 0 aliphatic carbocycles. The smallest absolute Gasteiger partial charge is 0.115 e. The molecule has 8 nitrogen and oxygen atoms in total. The van der Waals surface area contributed by atoms with Crippen molar-refractivity contribution in [3.05, 3.63) is 158 Å². The van der Waals surface area contributed by atoms with E-state index in [9.17, 15) is 0 Å². The lowest BCUT2D eigenvalue weighted by atomic mass is 10.1. The first-order chi connectivity index (χ1) is 24.8. The van der Waals surface area contributed by atoms with Crippen molar-refractivity contribution in [1.82, 2.24) is 39.1 Å². The van der Waals surface area contributed by atoms with E-state index in [2.05, 4.69) is 118 Å². The second-order valence-corrected chi connectivity index (χ2v) is 12.5. The van der Waals surface area contributed by atoms with Crippen LogP contribution in [0.1, 0.15) is 0 Å². The lowest BCUT2D eigenvalue weighted by Crippen LogP contribution is -2.12. The minimum atomic E-state index is 0.753. The van der Waals surface area contributed by atoms with Gasteiger partial charge in [-0.25, -0.2) is 0 Å². The zero-order valence-corrected chi connectivity index (χ0v) is 26.6. The molecular weight excluding hydrogens is 617 g/mol. The summed E-state index contributed by atoms with van der Waals surface area (Å²) in [5.41, 5.74) is 11.1. The number of hydrogen-bond acceptors (Lipinski definition) is 4. The summed E-state index contributed by atoms with van der Waals surface area (Å²) in [6.45, 7) is 0. The van der Waals surface area contributed by atoms with Gasteiger partial charge in [-0.2, -0.15) is 0 Å². The zero-order valence-electron chi connectivity index (χ0n) is 26.6. The number of fused-ring (bicyclic) bond motifs is 8. The Morgan fingerprint density at radius 2 is 0.540 bits per heavy atom. The van der Waals surface area contributed by atoms with Crippen LogP contribution in [0.2, 0.25) is 0 Å². The Kier molecular flexibility index (Phi) is 5.51. The summed E-state index contributed by atoms with van der Waals surface area (Å²) in [6.07, 6.45) is 0. The van der Waals surface area contributed by atoms with Crippen LogP contribution in [0, 0.1) is 0 Å². The van der Waals surface area contributed by atoms with Crippen molar-refractivity contribution in [2.45, 2.75) is 0 Å². The molecule has 0 radical (unpaired) electrons. The average Bonchev–Trinajstić information content (AvgIpc) is 3.95. The number of hydrogen-bond donors (Lipinski definition) is 0. The zero-order chi connectivity index (χ0) is 32.8. The summed E-state index contributed by atoms with van der Waals surface area (Å²) < 4.78 is 4.74. The van der Waals surface area contributed by atoms with Crippen LogP contribution in [-0.4, -0.2) is 39.1 Å². The van der Waals surface area contributed by atoms with Gasteiger partial charge in [0, 0.05) is 21.5 Å². The molecule has 0 bridgehead atoms. The van der Waals surface area contributed by atoms with Gasteiger partial charge in [-0.3, -0.25) is 0 Å². The fraction of sp³-hybridized carbons (Fsp3) is 0. The number of para-hydroxylation sites is 4. The quantitative estimate of drug-likeness (QED) is 0.192. The van der Waals surface area contributed by atoms with Crippen LogP contribution in [0.25, 0.3) is 88.4 Å². The Labute approximate surface area is 284 Å². The van der Waals surface area contributed by atoms with Crippen LogP contribution in [0.15, 0.2) is 158 Å². The van der Waals surface area contributed by atoms with E-state index in [0.717, 1.165) is 66.9 Å². The van der Waals surface area contributed by atoms with Gasteiger partial charge in [0.1, 0.15) is 33.4 Å². The van der Waals surface area contributed by atoms with Crippen LogP contribution >= 0.6 is 0 Å². The molecule has 0 N–H and O–H groups in total. The highest BCUT2D eigenvalue weighted by Gasteiger charge is 2.24. The fourth-order valence-electron chi connectivity index (χ4n) is 7.53. The molecule has 7 aromatic carbocycles. The van der Waals surface area contributed by atoms with Crippen molar-refractivity contribution in [1.29, 1.82) is 0 Å². The molecule has 0 spiro atoms. The molecule has 0 aliphatic rings. The molecule has 4 heterocycles. The highest BCUT2D eigenvalue weighted by Crippen LogP contribution is 2.40. The summed E-state index contributed by atoms with van der Waals surface area (Å²) in [6, 6.07) is 54.7. The first kappa shape index (κ1) is 26.9. The van der Waals surface area contributed by atoms with Crippen molar-refractivity contribution in [3.63, 3.8) is 0 Å². The number of aromatic nitrogens is 8. The minimum absolute atomic E-state index is 0.753. The first-order valence-corrected chi connectivity index (χ1v) is 16.6. The van der Waals surface area contributed by atoms with Crippen LogP contribution in [0.5, 0.6) is 0 Å². The molecule has 50 heavy (non-hydrogen) atoms. The lowest BCUT2D eigenvalue weighted by Gasteiger charge is -2.20. The van der Waals surface area contributed by atoms with Gasteiger partial charge in [0.2, 0.25) is 0 Å². The topological polar surface area (TPSA) is 71.3 Å². The fourth-order valence-corrected chi connectivity index (χ4v) is 7.53. The molecule has 0 aliphatic heterocycles. The van der Waals surface area contributed by atoms with Crippen molar-refractivity contribution >= 4 is 65.7 Å². The number of nitrogens with zero attached hydrogens (tertiary/aromatic N) is 8. The highest BCUT2D eigenvalue weighted by atomic mass is 15.5. The third-order valence-electron chi connectivity index (χ3n) is 9.72. The van der Waals surface area contributed by atoms with Crippen molar-refractivity contribution in [2.24, 2.45) is 0 Å². The second-order valence-electron chi connectivity index (χ2n) is 12.5. The van der Waals surface area contributed by atoms with Crippen LogP contribution in [-0.2, 0) is 0 Å². The molecular formula is C42H26N8. The van der Waals surface area contributed by atoms with E-state index in [1.165, 1.54) is 21.5 Å². The summed E-state index contributed by atoms with van der Waals surface area (Å²) in [5.74, 6) is 0. The van der Waals surface area contributed by atoms with E-state index < -0.39 is 0 Å². The van der Waals surface area contributed by atoms with E-state index >= 15 is 0 Å². The predicted molar refractivity (Wildman–Crippen MR) is 200 cm³/mol. The average molecular weight is 643 g/mol. The normalized spacial score (nSPS) is 12.0. The van der Waals surface area contributed by atoms with Gasteiger partial charge < -0.3 is 9.13 Å². The lowest BCUT2D eigenvalue weighted by molar-refractivity contribution is 0.715. The predicted octanol–water partition coefficient (Wildman–Crippen LogP) is 9.35. The van der Waals surface area contributed by atoms with Gasteiger partial charge in [-0.15, -0.1) is 30.0 Å². The van der Waals surface area contributed by atoms with Gasteiger partial charge in [-0.1, -0.05) is 97.1 Å². The summed E-state index contributed by atoms with van der Waals surface area (Å²) >= 11 is 0. The van der Waals surface area contributed by atoms with E-state index in [-0.39, 0.29) is 0 Å². The largest absolute Gasteiger partial charge is 0.307 e. The maximum absolute atomic E-state index is 4.98. The Morgan fingerprint density at radius 1 is 0.280 bits per heavy atom. The van der Waals surface area contributed by atoms with E-state index in [1.54, 1.807) is 9.59 Å². The molecule has 8 heteroatoms. The van der Waals surface area contributed by atoms with Crippen LogP contribution < -0.4 is 0 Å². The Hall–Kier alpha value is -7.06. The summed E-state index contributed by atoms with van der Waals surface area (Å²) in [7, 11) is 0. The molecule has 0 atom stereocenters. The molecule has 4 aromatic heterocycles. The molecule has 11 aromatic rings. The van der Waals surface area contributed by atoms with E-state index in [0.29, 0.717) is 0 Å². The molecule has 0 saturated carbocycles. The van der Waals surface area contributed by atoms with Crippen molar-refractivity contribution in [2.75, 3.05) is 0 Å². The van der Waals surface area contributed by atoms with Crippen LogP contribution in [0.3, 0.4) is 0 Å². The van der Waals surface area contributed by atoms with Crippen molar-refractivity contribution in [3.8, 4) is 22.7 Å². The molecule has 0 unspecified atom stereocenters. The van der Waals surface area contributed by atoms with E-state index in [1.807, 2.05) is 48.5 Å². The number of benzene rings is 7. The molecule has 0 saturated heterocycles. The van der Waals surface area contributed by atoms with Crippen LogP contribution in [0.4, 0.5) is 0 Å². The van der Waals surface area contributed by atoms with Gasteiger partial charge in [0.15, 0.2) is 0 Å². The van der Waals surface area contributed by atoms with Crippen molar-refractivity contribution < 1.29 is 0 Å². The Balaban J connectivity index is 1.35. The Morgan fingerprint density at radius 3 is 0.840 bits per heavy atom. The Bertz CT molecular complexity index is 2740. The van der Waals surface area contributed by atoms with Gasteiger partial charge in [0.05, 0.1) is 33.4 Å². The minimum Gasteiger partial charge on any atom is -0.307 e. The number of rotatable bonds is 4. The van der Waals surface area contributed by atoms with Gasteiger partial charge in [-0.05, 0) is 60.7 Å². The third-order valence-corrected chi connectivity index (χ3v) is 9.72. The summed E-state index contributed by atoms with van der Waals surface area (Å²) in [5, 5.41) is 24.7. The van der Waals surface area contributed by atoms with Gasteiger partial charge >= 0.3 is 0 Å².